The van der Waals surface area contributed by atoms with E-state index in [1.165, 1.54) is 9.80 Å². The van der Waals surface area contributed by atoms with Crippen LogP contribution >= 0.6 is 22.9 Å². The van der Waals surface area contributed by atoms with E-state index in [4.69, 9.17) is 26.8 Å². The van der Waals surface area contributed by atoms with E-state index >= 15 is 0 Å². The van der Waals surface area contributed by atoms with Crippen LogP contribution in [-0.4, -0.2) is 123 Å². The topological polar surface area (TPSA) is 252 Å². The van der Waals surface area contributed by atoms with Gasteiger partial charge in [0.1, 0.15) is 42.1 Å². The zero-order valence-corrected chi connectivity index (χ0v) is 46.8. The number of nitrogens with two attached hydrogens (primary N) is 1. The number of ether oxygens (including phenoxy) is 2. The lowest BCUT2D eigenvalue weighted by atomic mass is 9.85. The van der Waals surface area contributed by atoms with Crippen LogP contribution in [0.1, 0.15) is 143 Å². The van der Waals surface area contributed by atoms with Gasteiger partial charge in [0.05, 0.1) is 39.3 Å². The molecule has 7 amide bonds. The summed E-state index contributed by atoms with van der Waals surface area (Å²) in [6.07, 6.45) is 1.54. The van der Waals surface area contributed by atoms with Crippen molar-refractivity contribution in [3.8, 4) is 16.2 Å². The van der Waals surface area contributed by atoms with E-state index in [1.54, 1.807) is 49.8 Å². The van der Waals surface area contributed by atoms with Gasteiger partial charge in [0.25, 0.3) is 0 Å². The number of thiazole rings is 1. The van der Waals surface area contributed by atoms with Gasteiger partial charge in [-0.25, -0.2) is 9.78 Å². The minimum atomic E-state index is -0.972. The Hall–Kier alpha value is -5.79. The summed E-state index contributed by atoms with van der Waals surface area (Å²) in [6.45, 7) is 18.6. The molecule has 2 fully saturated rings. The van der Waals surface area contributed by atoms with Gasteiger partial charge in [-0.15, -0.1) is 11.3 Å². The Morgan fingerprint density at radius 3 is 2.20 bits per heavy atom. The summed E-state index contributed by atoms with van der Waals surface area (Å²) in [6, 6.07) is 8.56. The standard InChI is InChI=1S/C55H79ClN8O10S/c1-32(2)27-40(61-53(72)74-55(8,9)10)51(70)63-26-14-17-41(63)49(68)60-38(24-25-44(57)66)30-73-43-18-13-16-36(46(43)56)15-11-12-19-45(67)62-48(54(5,6)7)52(71)64-29-39(65)28-42(64)50(69)59-33(3)35-20-22-37(23-21-35)47-34(4)58-31-75-47/h13,16,18,20-23,31-33,38-42,48,65H,11-12,14-15,17,19,24-30H2,1-10H3,(H2,57,66)(H,59,69)(H,60,68)(H,61,72)(H,62,67)/t33?,38?,39-,40?,41+,42+,48?/m1/s1. The zero-order valence-electron chi connectivity index (χ0n) is 45.3. The number of unbranched alkanes of at least 4 members (excludes halogenated alkanes) is 1. The van der Waals surface area contributed by atoms with Gasteiger partial charge in [0, 0.05) is 32.4 Å². The van der Waals surface area contributed by atoms with Crippen molar-refractivity contribution in [1.29, 1.82) is 0 Å². The van der Waals surface area contributed by atoms with Crippen LogP contribution in [0.15, 0.2) is 48.0 Å². The maximum absolute atomic E-state index is 14.2. The predicted octanol–water partition coefficient (Wildman–Crippen LogP) is 6.91. The number of aliphatic hydroxyl groups excluding tert-OH is 1. The quantitative estimate of drug-likeness (QED) is 0.0532. The number of carbonyl (C=O) groups excluding carboxylic acids is 7. The van der Waals surface area contributed by atoms with Gasteiger partial charge in [-0.3, -0.25) is 28.8 Å². The number of alkyl carbamates (subject to hydrolysis) is 1. The monoisotopic (exact) mass is 1080 g/mol. The Morgan fingerprint density at radius 1 is 0.880 bits per heavy atom. The Morgan fingerprint density at radius 2 is 1.57 bits per heavy atom. The number of likely N-dealkylation sites (tertiary alicyclic amines) is 2. The molecule has 0 radical (unpaired) electrons. The van der Waals surface area contributed by atoms with Crippen LogP contribution in [0.2, 0.25) is 5.02 Å². The molecule has 7 atom stereocenters. The van der Waals surface area contributed by atoms with Crippen LogP contribution < -0.4 is 31.7 Å². The molecule has 75 heavy (non-hydrogen) atoms. The number of aromatic nitrogens is 1. The maximum atomic E-state index is 14.2. The number of halogens is 1. The molecule has 0 saturated carbocycles. The number of rotatable bonds is 23. The van der Waals surface area contributed by atoms with Crippen LogP contribution in [0.25, 0.3) is 10.4 Å². The molecular formula is C55H79ClN8O10S. The Kier molecular flexibility index (Phi) is 21.5. The highest BCUT2D eigenvalue weighted by Gasteiger charge is 2.45. The average molecular weight is 1080 g/mol. The number of amides is 7. The molecule has 18 nitrogen and oxygen atoms in total. The summed E-state index contributed by atoms with van der Waals surface area (Å²) in [5, 5.41) is 22.7. The van der Waals surface area contributed by atoms with E-state index in [0.29, 0.717) is 55.8 Å². The third-order valence-electron chi connectivity index (χ3n) is 13.3. The molecule has 3 heterocycles. The van der Waals surface area contributed by atoms with Crippen molar-refractivity contribution in [3.63, 3.8) is 0 Å². The number of benzene rings is 2. The lowest BCUT2D eigenvalue weighted by Crippen LogP contribution is -2.57. The minimum absolute atomic E-state index is 0.0339. The Bertz CT molecular complexity index is 2470. The molecule has 0 spiro atoms. The highest BCUT2D eigenvalue weighted by Crippen LogP contribution is 2.32. The number of hydrogen-bond acceptors (Lipinski definition) is 12. The van der Waals surface area contributed by atoms with Crippen LogP contribution in [-0.2, 0) is 39.9 Å². The number of β-amino-alcohol motifs (C(OH)–C–C–N with tert-alkyl or cyclic N) is 1. The zero-order chi connectivity index (χ0) is 55.4. The maximum Gasteiger partial charge on any atom is 0.408 e. The van der Waals surface area contributed by atoms with Crippen LogP contribution in [0.5, 0.6) is 5.75 Å². The van der Waals surface area contributed by atoms with Crippen LogP contribution in [0.4, 0.5) is 4.79 Å². The third-order valence-corrected chi connectivity index (χ3v) is 14.7. The van der Waals surface area contributed by atoms with Gasteiger partial charge in [-0.2, -0.15) is 0 Å². The molecular weight excluding hydrogens is 1000 g/mol. The number of carbonyl (C=O) groups is 7. The predicted molar refractivity (Wildman–Crippen MR) is 289 cm³/mol. The van der Waals surface area contributed by atoms with Gasteiger partial charge in [-0.05, 0) is 114 Å². The molecule has 4 unspecified atom stereocenters. The number of nitrogens with zero attached hydrogens (tertiary/aromatic N) is 3. The number of nitrogens with one attached hydrogen (secondary N) is 4. The minimum Gasteiger partial charge on any atom is -0.490 e. The average Bonchev–Trinajstić information content (AvgIpc) is 4.09. The van der Waals surface area contributed by atoms with E-state index < -0.39 is 71.1 Å². The normalized spacial score (nSPS) is 18.4. The van der Waals surface area contributed by atoms with Gasteiger partial charge < -0.3 is 51.4 Å². The fourth-order valence-corrected chi connectivity index (χ4v) is 10.4. The van der Waals surface area contributed by atoms with Gasteiger partial charge in [0.2, 0.25) is 35.4 Å². The third kappa shape index (κ3) is 17.6. The molecule has 20 heteroatoms. The second-order valence-electron chi connectivity index (χ2n) is 22.4. The van der Waals surface area contributed by atoms with Gasteiger partial charge in [-0.1, -0.05) is 82.6 Å². The Balaban J connectivity index is 1.14. The molecule has 7 N–H and O–H groups in total. The van der Waals surface area contributed by atoms with Crippen molar-refractivity contribution in [3.05, 3.63) is 69.8 Å². The van der Waals surface area contributed by atoms with E-state index in [-0.39, 0.29) is 68.5 Å². The number of primary amides is 1. The summed E-state index contributed by atoms with van der Waals surface area (Å²) in [5.74, 6) is -2.12. The Labute approximate surface area is 451 Å². The smallest absolute Gasteiger partial charge is 0.408 e. The van der Waals surface area contributed by atoms with E-state index in [1.807, 2.05) is 78.8 Å². The number of hydrogen-bond donors (Lipinski definition) is 6. The van der Waals surface area contributed by atoms with Crippen molar-refractivity contribution >= 4 is 64.5 Å². The van der Waals surface area contributed by atoms with Crippen molar-refractivity contribution in [1.82, 2.24) is 36.1 Å². The van der Waals surface area contributed by atoms with Crippen molar-refractivity contribution in [2.24, 2.45) is 17.1 Å². The van der Waals surface area contributed by atoms with Crippen molar-refractivity contribution in [2.75, 3.05) is 19.7 Å². The molecule has 0 aliphatic carbocycles. The summed E-state index contributed by atoms with van der Waals surface area (Å²) in [7, 11) is 0. The van der Waals surface area contributed by atoms with Crippen molar-refractivity contribution in [2.45, 2.75) is 181 Å². The second kappa shape index (κ2) is 26.8. The molecule has 5 rings (SSSR count). The molecule has 412 valence electrons. The molecule has 2 aliphatic heterocycles. The largest absolute Gasteiger partial charge is 0.490 e. The van der Waals surface area contributed by atoms with E-state index in [9.17, 15) is 38.7 Å². The number of aliphatic hydroxyl groups is 1. The first-order valence-corrected chi connectivity index (χ1v) is 27.4. The molecule has 0 bridgehead atoms. The first-order valence-electron chi connectivity index (χ1n) is 26.1. The highest BCUT2D eigenvalue weighted by atomic mass is 35.5. The van der Waals surface area contributed by atoms with E-state index in [2.05, 4.69) is 26.3 Å². The lowest BCUT2D eigenvalue weighted by Gasteiger charge is -2.35. The van der Waals surface area contributed by atoms with Crippen LogP contribution in [0, 0.1) is 18.3 Å². The SMILES string of the molecule is Cc1ncsc1-c1ccc(C(C)NC(=O)[C@@H]2C[C@@H](O)CN2C(=O)C(NC(=O)CCCCc2cccc(OCC(CCC(N)=O)NC(=O)[C@@H]3CCCN3C(=O)C(CC(C)C)NC(=O)OC(C)(C)C)c2Cl)C(C)(C)C)cc1. The molecule has 2 saturated heterocycles. The summed E-state index contributed by atoms with van der Waals surface area (Å²) >= 11 is 8.43. The molecule has 3 aromatic rings. The summed E-state index contributed by atoms with van der Waals surface area (Å²) in [5.41, 5.74) is 9.44. The molecule has 1 aromatic heterocycles. The van der Waals surface area contributed by atoms with Crippen molar-refractivity contribution < 1.29 is 48.1 Å². The van der Waals surface area contributed by atoms with Gasteiger partial charge in [0.15, 0.2) is 0 Å². The number of aryl methyl sites for hydroxylation is 2. The lowest BCUT2D eigenvalue weighted by molar-refractivity contribution is -0.144. The summed E-state index contributed by atoms with van der Waals surface area (Å²) in [4.78, 5) is 102. The molecule has 2 aromatic carbocycles. The summed E-state index contributed by atoms with van der Waals surface area (Å²) < 4.78 is 11.6. The first-order chi connectivity index (χ1) is 35.2. The van der Waals surface area contributed by atoms with Crippen LogP contribution in [0.3, 0.4) is 0 Å². The molecule has 2 aliphatic rings. The first kappa shape index (κ1) is 60.1. The van der Waals surface area contributed by atoms with E-state index in [0.717, 1.165) is 27.3 Å². The second-order valence-corrected chi connectivity index (χ2v) is 23.6. The fourth-order valence-electron chi connectivity index (χ4n) is 9.36. The fraction of sp³-hybridized carbons (Fsp3) is 0.600. The van der Waals surface area contributed by atoms with Gasteiger partial charge >= 0.3 is 6.09 Å². The highest BCUT2D eigenvalue weighted by molar-refractivity contribution is 7.13.